The van der Waals surface area contributed by atoms with E-state index in [0.29, 0.717) is 43.0 Å². The van der Waals surface area contributed by atoms with Gasteiger partial charge in [0.05, 0.1) is 5.54 Å². The molecule has 0 spiro atoms. The third kappa shape index (κ3) is 4.52. The minimum atomic E-state index is -0.891. The van der Waals surface area contributed by atoms with Crippen LogP contribution in [-0.2, 0) is 16.8 Å². The summed E-state index contributed by atoms with van der Waals surface area (Å²) >= 11 is 0. The molecule has 1 aliphatic heterocycles. The largest absolute Gasteiger partial charge is 0.417 e. The molecule has 1 aliphatic rings. The van der Waals surface area contributed by atoms with Crippen LogP contribution >= 0.6 is 0 Å². The number of amides is 2. The van der Waals surface area contributed by atoms with Crippen LogP contribution in [0.1, 0.15) is 48.5 Å². The van der Waals surface area contributed by atoms with Crippen LogP contribution in [-0.4, -0.2) is 40.1 Å². The van der Waals surface area contributed by atoms with E-state index in [4.69, 9.17) is 10.2 Å². The predicted molar refractivity (Wildman–Crippen MR) is 119 cm³/mol. The Kier molecular flexibility index (Phi) is 6.00. The Labute approximate surface area is 186 Å². The summed E-state index contributed by atoms with van der Waals surface area (Å²) in [4.78, 5) is 30.9. The number of hydrogen-bond donors (Lipinski definition) is 2. The van der Waals surface area contributed by atoms with Gasteiger partial charge >= 0.3 is 0 Å². The number of benzene rings is 1. The highest BCUT2D eigenvalue weighted by Crippen LogP contribution is 2.28. The Balaban J connectivity index is 1.68. The van der Waals surface area contributed by atoms with Crippen LogP contribution in [0.25, 0.3) is 11.6 Å². The number of pyridine rings is 1. The van der Waals surface area contributed by atoms with Gasteiger partial charge in [-0.15, -0.1) is 10.2 Å². The quantitative estimate of drug-likeness (QED) is 0.584. The van der Waals surface area contributed by atoms with E-state index >= 15 is 0 Å². The van der Waals surface area contributed by atoms with Gasteiger partial charge < -0.3 is 15.5 Å². The molecular formula is C23H26N6O3. The van der Waals surface area contributed by atoms with Crippen molar-refractivity contribution in [3.63, 3.8) is 0 Å². The molecule has 1 aromatic carbocycles. The molecule has 2 aromatic heterocycles. The van der Waals surface area contributed by atoms with Crippen molar-refractivity contribution in [2.45, 2.75) is 38.6 Å². The summed E-state index contributed by atoms with van der Waals surface area (Å²) in [6.07, 6.45) is 1.71. The molecule has 1 saturated heterocycles. The molecule has 9 heteroatoms. The topological polar surface area (TPSA) is 127 Å². The van der Waals surface area contributed by atoms with Crippen LogP contribution in [0.15, 0.2) is 46.9 Å². The van der Waals surface area contributed by atoms with Crippen LogP contribution < -0.4 is 16.0 Å². The first kappa shape index (κ1) is 21.6. The SMILES string of the molecule is CCNC(=O)c1cc(-c2nnc(C(C)(N)Cc3ccccc3)o2)nc(N2CCCC2=O)c1. The van der Waals surface area contributed by atoms with Crippen molar-refractivity contribution in [3.05, 3.63) is 59.5 Å². The summed E-state index contributed by atoms with van der Waals surface area (Å²) in [5.41, 5.74) is 7.33. The van der Waals surface area contributed by atoms with Gasteiger partial charge in [-0.25, -0.2) is 4.98 Å². The first-order valence-corrected chi connectivity index (χ1v) is 10.6. The van der Waals surface area contributed by atoms with E-state index in [1.807, 2.05) is 44.2 Å². The van der Waals surface area contributed by atoms with E-state index in [-0.39, 0.29) is 23.6 Å². The fourth-order valence-electron chi connectivity index (χ4n) is 3.70. The highest BCUT2D eigenvalue weighted by molar-refractivity contribution is 5.99. The molecule has 0 radical (unpaired) electrons. The van der Waals surface area contributed by atoms with Crippen molar-refractivity contribution in [1.82, 2.24) is 20.5 Å². The lowest BCUT2D eigenvalue weighted by Gasteiger charge is -2.20. The molecule has 1 unspecified atom stereocenters. The number of nitrogens with one attached hydrogen (secondary N) is 1. The predicted octanol–water partition coefficient (Wildman–Crippen LogP) is 2.42. The normalized spacial score (nSPS) is 15.6. The van der Waals surface area contributed by atoms with E-state index in [0.717, 1.165) is 12.0 Å². The number of nitrogens with two attached hydrogens (primary N) is 1. The van der Waals surface area contributed by atoms with Gasteiger partial charge in [-0.3, -0.25) is 14.5 Å². The summed E-state index contributed by atoms with van der Waals surface area (Å²) in [5.74, 6) is 0.506. The summed E-state index contributed by atoms with van der Waals surface area (Å²) in [5, 5.41) is 11.1. The van der Waals surface area contributed by atoms with Crippen LogP contribution in [0, 0.1) is 0 Å². The monoisotopic (exact) mass is 434 g/mol. The molecule has 1 fully saturated rings. The maximum absolute atomic E-state index is 12.5. The standard InChI is InChI=1S/C23H26N6O3/c1-3-25-20(31)16-12-17(26-18(13-16)29-11-7-10-19(29)30)21-27-28-22(32-21)23(2,24)14-15-8-5-4-6-9-15/h4-6,8-9,12-13H,3,7,10-11,14,24H2,1-2H3,(H,25,31). The van der Waals surface area contributed by atoms with Crippen LogP contribution in [0.2, 0.25) is 0 Å². The molecule has 3 heterocycles. The van der Waals surface area contributed by atoms with Crippen LogP contribution in [0.3, 0.4) is 0 Å². The Morgan fingerprint density at radius 2 is 2.03 bits per heavy atom. The third-order valence-corrected chi connectivity index (χ3v) is 5.31. The second-order valence-corrected chi connectivity index (χ2v) is 8.10. The van der Waals surface area contributed by atoms with E-state index in [1.54, 1.807) is 17.0 Å². The molecule has 2 amide bonds. The Morgan fingerprint density at radius 1 is 1.25 bits per heavy atom. The summed E-state index contributed by atoms with van der Waals surface area (Å²) in [7, 11) is 0. The van der Waals surface area contributed by atoms with Gasteiger partial charge in [0, 0.05) is 25.1 Å². The summed E-state index contributed by atoms with van der Waals surface area (Å²) in [6.45, 7) is 4.69. The maximum Gasteiger partial charge on any atom is 0.266 e. The lowest BCUT2D eigenvalue weighted by atomic mass is 9.94. The van der Waals surface area contributed by atoms with Crippen molar-refractivity contribution in [3.8, 4) is 11.6 Å². The zero-order chi connectivity index (χ0) is 22.7. The average Bonchev–Trinajstić information content (AvgIpc) is 3.44. The van der Waals surface area contributed by atoms with E-state index in [9.17, 15) is 9.59 Å². The second kappa shape index (κ2) is 8.88. The first-order valence-electron chi connectivity index (χ1n) is 10.6. The van der Waals surface area contributed by atoms with Crippen molar-refractivity contribution in [2.75, 3.05) is 18.0 Å². The van der Waals surface area contributed by atoms with Gasteiger partial charge in [-0.2, -0.15) is 0 Å². The number of anilines is 1. The van der Waals surface area contributed by atoms with Gasteiger partial charge in [0.15, 0.2) is 0 Å². The first-order chi connectivity index (χ1) is 15.4. The number of hydrogen-bond acceptors (Lipinski definition) is 7. The maximum atomic E-state index is 12.5. The van der Waals surface area contributed by atoms with Crippen LogP contribution in [0.5, 0.6) is 0 Å². The average molecular weight is 435 g/mol. The zero-order valence-corrected chi connectivity index (χ0v) is 18.2. The number of rotatable bonds is 7. The molecule has 9 nitrogen and oxygen atoms in total. The molecule has 166 valence electrons. The molecule has 4 rings (SSSR count). The van der Waals surface area contributed by atoms with E-state index in [2.05, 4.69) is 20.5 Å². The van der Waals surface area contributed by atoms with Crippen molar-refractivity contribution >= 4 is 17.6 Å². The summed E-state index contributed by atoms with van der Waals surface area (Å²) < 4.78 is 5.90. The molecule has 32 heavy (non-hydrogen) atoms. The number of nitrogens with zero attached hydrogens (tertiary/aromatic N) is 4. The second-order valence-electron chi connectivity index (χ2n) is 8.10. The minimum Gasteiger partial charge on any atom is -0.417 e. The van der Waals surface area contributed by atoms with Gasteiger partial charge in [0.2, 0.25) is 11.8 Å². The van der Waals surface area contributed by atoms with E-state index in [1.165, 1.54) is 0 Å². The molecule has 3 N–H and O–H groups in total. The molecule has 0 aliphatic carbocycles. The van der Waals surface area contributed by atoms with Gasteiger partial charge in [-0.1, -0.05) is 30.3 Å². The smallest absolute Gasteiger partial charge is 0.266 e. The Morgan fingerprint density at radius 3 is 2.72 bits per heavy atom. The van der Waals surface area contributed by atoms with Crippen molar-refractivity contribution in [2.24, 2.45) is 5.73 Å². The molecule has 0 saturated carbocycles. The lowest BCUT2D eigenvalue weighted by molar-refractivity contribution is -0.117. The van der Waals surface area contributed by atoms with Gasteiger partial charge in [-0.05, 0) is 44.4 Å². The fraction of sp³-hybridized carbons (Fsp3) is 0.348. The number of aromatic nitrogens is 3. The fourth-order valence-corrected chi connectivity index (χ4v) is 3.70. The molecule has 1 atom stereocenters. The van der Waals surface area contributed by atoms with E-state index < -0.39 is 5.54 Å². The van der Waals surface area contributed by atoms with Gasteiger partial charge in [0.1, 0.15) is 11.5 Å². The Hall–Kier alpha value is -3.59. The number of carbonyl (C=O) groups is 2. The third-order valence-electron chi connectivity index (χ3n) is 5.31. The van der Waals surface area contributed by atoms with Crippen molar-refractivity contribution < 1.29 is 14.0 Å². The summed E-state index contributed by atoms with van der Waals surface area (Å²) in [6, 6.07) is 13.0. The van der Waals surface area contributed by atoms with Crippen LogP contribution in [0.4, 0.5) is 5.82 Å². The minimum absolute atomic E-state index is 0.0277. The zero-order valence-electron chi connectivity index (χ0n) is 18.2. The highest BCUT2D eigenvalue weighted by atomic mass is 16.4. The Bertz CT molecular complexity index is 1130. The van der Waals surface area contributed by atoms with Crippen molar-refractivity contribution in [1.29, 1.82) is 0 Å². The molecule has 0 bridgehead atoms. The highest BCUT2D eigenvalue weighted by Gasteiger charge is 2.30. The molecule has 3 aromatic rings. The lowest BCUT2D eigenvalue weighted by Crippen LogP contribution is -2.35. The number of carbonyl (C=O) groups excluding carboxylic acids is 2. The molecular weight excluding hydrogens is 408 g/mol. The van der Waals surface area contributed by atoms with Gasteiger partial charge in [0.25, 0.3) is 11.8 Å².